The Labute approximate surface area is 130 Å². The summed E-state index contributed by atoms with van der Waals surface area (Å²) in [5.41, 5.74) is 6.14. The van der Waals surface area contributed by atoms with Gasteiger partial charge in [-0.3, -0.25) is 4.79 Å². The molecule has 1 atom stereocenters. The minimum atomic E-state index is -3.59. The smallest absolute Gasteiger partial charge is 0.267 e. The number of sulfonamides is 1. The molecular weight excluding hydrogens is 316 g/mol. The van der Waals surface area contributed by atoms with Gasteiger partial charge in [0.1, 0.15) is 10.6 Å². The monoisotopic (exact) mass is 336 g/mol. The van der Waals surface area contributed by atoms with Crippen LogP contribution >= 0.6 is 12.4 Å². The summed E-state index contributed by atoms with van der Waals surface area (Å²) >= 11 is 0. The van der Waals surface area contributed by atoms with E-state index in [0.717, 1.165) is 12.8 Å². The Kier molecular flexibility index (Phi) is 5.80. The Morgan fingerprint density at radius 3 is 2.71 bits per heavy atom. The highest BCUT2D eigenvalue weighted by Gasteiger charge is 2.30. The van der Waals surface area contributed by atoms with Gasteiger partial charge in [0.25, 0.3) is 5.91 Å². The van der Waals surface area contributed by atoms with Crippen molar-refractivity contribution >= 4 is 28.3 Å². The molecule has 9 heteroatoms. The summed E-state index contributed by atoms with van der Waals surface area (Å²) < 4.78 is 28.0. The number of carbonyl (C=O) groups excluding carboxylic acids is 1. The molecule has 0 bridgehead atoms. The van der Waals surface area contributed by atoms with E-state index in [0.29, 0.717) is 18.8 Å². The van der Waals surface area contributed by atoms with Crippen LogP contribution in [0.15, 0.2) is 17.2 Å². The number of hydrogen-bond acceptors (Lipinski definition) is 4. The molecule has 1 aromatic rings. The SMILES string of the molecule is CNC(=O)c1cc(S(=O)(=O)N2CCC[C@@H](N)C2)cn1C.Cl. The van der Waals surface area contributed by atoms with E-state index in [2.05, 4.69) is 5.32 Å². The van der Waals surface area contributed by atoms with Gasteiger partial charge in [-0.2, -0.15) is 4.31 Å². The van der Waals surface area contributed by atoms with Crippen LogP contribution in [0.25, 0.3) is 0 Å². The lowest BCUT2D eigenvalue weighted by atomic mass is 10.1. The van der Waals surface area contributed by atoms with E-state index < -0.39 is 10.0 Å². The van der Waals surface area contributed by atoms with Gasteiger partial charge in [0, 0.05) is 39.4 Å². The number of aryl methyl sites for hydroxylation is 1. The minimum absolute atomic E-state index is 0. The van der Waals surface area contributed by atoms with E-state index in [-0.39, 0.29) is 29.3 Å². The van der Waals surface area contributed by atoms with Crippen molar-refractivity contribution in [3.63, 3.8) is 0 Å². The number of nitrogens with two attached hydrogens (primary N) is 1. The molecule has 1 saturated heterocycles. The van der Waals surface area contributed by atoms with E-state index >= 15 is 0 Å². The molecular formula is C12H21ClN4O3S. The van der Waals surface area contributed by atoms with E-state index in [9.17, 15) is 13.2 Å². The van der Waals surface area contributed by atoms with Crippen LogP contribution in [0.1, 0.15) is 23.3 Å². The van der Waals surface area contributed by atoms with Crippen molar-refractivity contribution in [1.82, 2.24) is 14.2 Å². The third kappa shape index (κ3) is 3.57. The van der Waals surface area contributed by atoms with Gasteiger partial charge in [0.2, 0.25) is 10.0 Å². The number of halogens is 1. The summed E-state index contributed by atoms with van der Waals surface area (Å²) in [4.78, 5) is 11.8. The van der Waals surface area contributed by atoms with E-state index in [1.54, 1.807) is 7.05 Å². The third-order valence-corrected chi connectivity index (χ3v) is 5.33. The summed E-state index contributed by atoms with van der Waals surface area (Å²) in [6.07, 6.45) is 3.06. The maximum Gasteiger partial charge on any atom is 0.267 e. The molecule has 1 aliphatic rings. The van der Waals surface area contributed by atoms with Gasteiger partial charge in [-0.15, -0.1) is 12.4 Å². The molecule has 0 unspecified atom stereocenters. The average molecular weight is 337 g/mol. The molecule has 2 rings (SSSR count). The van der Waals surface area contributed by atoms with Crippen molar-refractivity contribution in [3.05, 3.63) is 18.0 Å². The average Bonchev–Trinajstić information content (AvgIpc) is 2.80. The molecule has 0 saturated carbocycles. The second-order valence-corrected chi connectivity index (χ2v) is 6.95. The molecule has 21 heavy (non-hydrogen) atoms. The van der Waals surface area contributed by atoms with Crippen molar-refractivity contribution in [3.8, 4) is 0 Å². The number of rotatable bonds is 3. The lowest BCUT2D eigenvalue weighted by Crippen LogP contribution is -2.45. The molecule has 1 aromatic heterocycles. The van der Waals surface area contributed by atoms with Crippen LogP contribution in [0.3, 0.4) is 0 Å². The molecule has 120 valence electrons. The molecule has 2 heterocycles. The quantitative estimate of drug-likeness (QED) is 0.806. The van der Waals surface area contributed by atoms with Gasteiger partial charge < -0.3 is 15.6 Å². The molecule has 1 amide bonds. The van der Waals surface area contributed by atoms with Crippen molar-refractivity contribution in [2.45, 2.75) is 23.8 Å². The van der Waals surface area contributed by atoms with Gasteiger partial charge >= 0.3 is 0 Å². The first kappa shape index (κ1) is 18.0. The Morgan fingerprint density at radius 1 is 1.48 bits per heavy atom. The summed E-state index contributed by atoms with van der Waals surface area (Å²) in [7, 11) is -0.434. The first-order chi connectivity index (χ1) is 9.36. The number of hydrogen-bond donors (Lipinski definition) is 2. The van der Waals surface area contributed by atoms with Gasteiger partial charge in [0.05, 0.1) is 0 Å². The second kappa shape index (κ2) is 6.78. The Balaban J connectivity index is 0.00000220. The highest BCUT2D eigenvalue weighted by atomic mass is 35.5. The Morgan fingerprint density at radius 2 is 2.14 bits per heavy atom. The van der Waals surface area contributed by atoms with Crippen LogP contribution in [0.2, 0.25) is 0 Å². The summed E-state index contributed by atoms with van der Waals surface area (Å²) in [5, 5.41) is 2.49. The molecule has 1 fully saturated rings. The zero-order valence-corrected chi connectivity index (χ0v) is 13.7. The first-order valence-electron chi connectivity index (χ1n) is 6.50. The first-order valence-corrected chi connectivity index (χ1v) is 7.94. The fraction of sp³-hybridized carbons (Fsp3) is 0.583. The molecule has 3 N–H and O–H groups in total. The summed E-state index contributed by atoms with van der Waals surface area (Å²) in [6, 6.07) is 1.27. The van der Waals surface area contributed by atoms with E-state index in [1.165, 1.54) is 28.2 Å². The molecule has 1 aliphatic heterocycles. The normalized spacial score (nSPS) is 19.9. The van der Waals surface area contributed by atoms with Gasteiger partial charge in [0.15, 0.2) is 0 Å². The zero-order valence-electron chi connectivity index (χ0n) is 12.1. The van der Waals surface area contributed by atoms with Crippen molar-refractivity contribution in [1.29, 1.82) is 0 Å². The van der Waals surface area contributed by atoms with Gasteiger partial charge in [-0.1, -0.05) is 0 Å². The number of amides is 1. The molecule has 0 spiro atoms. The third-order valence-electron chi connectivity index (χ3n) is 3.50. The fourth-order valence-corrected chi connectivity index (χ4v) is 3.98. The van der Waals surface area contributed by atoms with Crippen LogP contribution in [0.4, 0.5) is 0 Å². The highest BCUT2D eigenvalue weighted by molar-refractivity contribution is 7.89. The predicted octanol–water partition coefficient (Wildman–Crippen LogP) is -0.0817. The van der Waals surface area contributed by atoms with E-state index in [4.69, 9.17) is 5.73 Å². The van der Waals surface area contributed by atoms with Crippen LogP contribution in [0.5, 0.6) is 0 Å². The number of nitrogens with one attached hydrogen (secondary N) is 1. The second-order valence-electron chi connectivity index (χ2n) is 5.02. The van der Waals surface area contributed by atoms with Crippen LogP contribution in [-0.4, -0.2) is 49.4 Å². The minimum Gasteiger partial charge on any atom is -0.354 e. The number of aromatic nitrogens is 1. The topological polar surface area (TPSA) is 97.4 Å². The number of nitrogens with zero attached hydrogens (tertiary/aromatic N) is 2. The Hall–Kier alpha value is -1.09. The summed E-state index contributed by atoms with van der Waals surface area (Å²) in [6.45, 7) is 0.798. The standard InChI is InChI=1S/C12H20N4O3S.ClH/c1-14-12(17)11-6-10(8-15(11)2)20(18,19)16-5-3-4-9(13)7-16;/h6,8-9H,3-5,7,13H2,1-2H3,(H,14,17);1H/t9-;/m1./s1. The van der Waals surface area contributed by atoms with Crippen LogP contribution in [0, 0.1) is 0 Å². The maximum absolute atomic E-state index is 12.5. The molecule has 0 radical (unpaired) electrons. The summed E-state index contributed by atoms with van der Waals surface area (Å²) in [5.74, 6) is -0.315. The molecule has 0 aromatic carbocycles. The van der Waals surface area contributed by atoms with Gasteiger partial charge in [-0.05, 0) is 18.9 Å². The van der Waals surface area contributed by atoms with Crippen molar-refractivity contribution < 1.29 is 13.2 Å². The number of piperidine rings is 1. The van der Waals surface area contributed by atoms with Gasteiger partial charge in [-0.25, -0.2) is 8.42 Å². The van der Waals surface area contributed by atoms with Crippen LogP contribution < -0.4 is 11.1 Å². The van der Waals surface area contributed by atoms with E-state index in [1.807, 2.05) is 0 Å². The largest absolute Gasteiger partial charge is 0.354 e. The maximum atomic E-state index is 12.5. The highest BCUT2D eigenvalue weighted by Crippen LogP contribution is 2.22. The predicted molar refractivity (Wildman–Crippen MR) is 82.0 cm³/mol. The number of carbonyl (C=O) groups is 1. The molecule has 0 aliphatic carbocycles. The van der Waals surface area contributed by atoms with Crippen molar-refractivity contribution in [2.75, 3.05) is 20.1 Å². The van der Waals surface area contributed by atoms with Crippen LogP contribution in [-0.2, 0) is 17.1 Å². The molecule has 7 nitrogen and oxygen atoms in total. The lowest BCUT2D eigenvalue weighted by molar-refractivity contribution is 0.0955. The van der Waals surface area contributed by atoms with Crippen molar-refractivity contribution in [2.24, 2.45) is 12.8 Å². The fourth-order valence-electron chi connectivity index (χ4n) is 2.37. The Bertz CT molecular complexity index is 614. The lowest BCUT2D eigenvalue weighted by Gasteiger charge is -2.29. The zero-order chi connectivity index (χ0) is 14.9.